The molecule has 0 spiro atoms. The Labute approximate surface area is 257 Å². The fourth-order valence-electron chi connectivity index (χ4n) is 5.87. The molecule has 4 heterocycles. The minimum Gasteiger partial charge on any atom is -0.389 e. The fraction of sp³-hybridized carbons (Fsp3) is 0.333. The van der Waals surface area contributed by atoms with Crippen molar-refractivity contribution < 1.29 is 31.5 Å². The van der Waals surface area contributed by atoms with E-state index in [4.69, 9.17) is 11.6 Å². The fourth-order valence-corrected chi connectivity index (χ4v) is 6.85. The molecule has 0 radical (unpaired) electrons. The van der Waals surface area contributed by atoms with E-state index >= 15 is 0 Å². The van der Waals surface area contributed by atoms with Gasteiger partial charge >= 0.3 is 6.18 Å². The number of β-amino-alcohol motifs (C(OH)–C–C–N with tert-alkyl or cyclic N) is 1. The first-order valence-electron chi connectivity index (χ1n) is 13.9. The van der Waals surface area contributed by atoms with E-state index in [2.05, 4.69) is 5.10 Å². The predicted molar refractivity (Wildman–Crippen MR) is 159 cm³/mol. The van der Waals surface area contributed by atoms with Crippen LogP contribution in [-0.4, -0.2) is 70.4 Å². The first-order valence-corrected chi connectivity index (χ1v) is 16.1. The molecule has 3 aromatic rings. The molecule has 232 valence electrons. The summed E-state index contributed by atoms with van der Waals surface area (Å²) in [6.45, 7) is 1.06. The number of amides is 1. The van der Waals surface area contributed by atoms with Crippen LogP contribution in [0.4, 0.5) is 18.9 Å². The number of aromatic nitrogens is 2. The van der Waals surface area contributed by atoms with Crippen molar-refractivity contribution in [2.45, 2.75) is 38.2 Å². The van der Waals surface area contributed by atoms with Crippen molar-refractivity contribution in [3.8, 4) is 11.3 Å². The molecule has 0 aliphatic carbocycles. The SMILES string of the molecule is CS(=O)(=O)N1CCc2c(c(-c3ccc(C(F)(F)F)cc3)nn2CC(O)CN2C=CC(N3C(=O)Cc4cc(Cl)ccc43)=CC2)C1. The van der Waals surface area contributed by atoms with Crippen LogP contribution in [0.1, 0.15) is 22.4 Å². The van der Waals surface area contributed by atoms with Gasteiger partial charge in [0.15, 0.2) is 0 Å². The van der Waals surface area contributed by atoms with Crippen LogP contribution in [0, 0.1) is 0 Å². The van der Waals surface area contributed by atoms with E-state index in [1.807, 2.05) is 29.3 Å². The maximum atomic E-state index is 13.2. The summed E-state index contributed by atoms with van der Waals surface area (Å²) in [5, 5.41) is 16.3. The first-order chi connectivity index (χ1) is 20.8. The molecule has 1 aromatic heterocycles. The first kappa shape index (κ1) is 30.4. The van der Waals surface area contributed by atoms with Crippen molar-refractivity contribution in [2.75, 3.05) is 30.8 Å². The lowest BCUT2D eigenvalue weighted by atomic mass is 10.0. The molecule has 9 nitrogen and oxygen atoms in total. The Hall–Kier alpha value is -3.65. The third kappa shape index (κ3) is 6.01. The van der Waals surface area contributed by atoms with Gasteiger partial charge in [0.2, 0.25) is 15.9 Å². The van der Waals surface area contributed by atoms with Crippen LogP contribution in [0.2, 0.25) is 5.02 Å². The average Bonchev–Trinajstić information content (AvgIpc) is 3.48. The van der Waals surface area contributed by atoms with Gasteiger partial charge in [0.05, 0.1) is 42.3 Å². The molecule has 1 amide bonds. The van der Waals surface area contributed by atoms with Crippen LogP contribution in [0.5, 0.6) is 0 Å². The minimum absolute atomic E-state index is 0.0353. The Morgan fingerprint density at radius 3 is 2.52 bits per heavy atom. The van der Waals surface area contributed by atoms with Gasteiger partial charge in [0.1, 0.15) is 0 Å². The van der Waals surface area contributed by atoms with E-state index in [1.54, 1.807) is 21.7 Å². The Kier molecular flexibility index (Phi) is 7.85. The lowest BCUT2D eigenvalue weighted by Crippen LogP contribution is -2.37. The van der Waals surface area contributed by atoms with Gasteiger partial charge in [-0.2, -0.15) is 22.6 Å². The number of carbonyl (C=O) groups is 1. The Balaban J connectivity index is 1.18. The number of anilines is 1. The van der Waals surface area contributed by atoms with E-state index in [0.29, 0.717) is 34.8 Å². The van der Waals surface area contributed by atoms with Gasteiger partial charge in [0.25, 0.3) is 0 Å². The molecule has 3 aliphatic heterocycles. The summed E-state index contributed by atoms with van der Waals surface area (Å²) in [6, 6.07) is 9.96. The van der Waals surface area contributed by atoms with Crippen LogP contribution in [0.15, 0.2) is 66.5 Å². The van der Waals surface area contributed by atoms with Crippen LogP contribution in [0.25, 0.3) is 11.3 Å². The number of benzene rings is 2. The number of halogens is 4. The second-order valence-corrected chi connectivity index (χ2v) is 13.5. The number of allylic oxidation sites excluding steroid dienone is 1. The summed E-state index contributed by atoms with van der Waals surface area (Å²) in [5.41, 5.74) is 3.76. The molecule has 6 rings (SSSR count). The van der Waals surface area contributed by atoms with Gasteiger partial charge < -0.3 is 10.0 Å². The number of alkyl halides is 3. The molecule has 1 atom stereocenters. The molecular formula is C30H29ClF3N5O4S. The third-order valence-electron chi connectivity index (χ3n) is 8.01. The van der Waals surface area contributed by atoms with E-state index in [1.165, 1.54) is 16.4 Å². The quantitative estimate of drug-likeness (QED) is 0.413. The number of aliphatic hydroxyl groups is 1. The van der Waals surface area contributed by atoms with Crippen molar-refractivity contribution in [3.05, 3.63) is 93.9 Å². The van der Waals surface area contributed by atoms with Gasteiger partial charge in [-0.05, 0) is 48.0 Å². The number of nitrogens with zero attached hydrogens (tertiary/aromatic N) is 5. The zero-order valence-electron chi connectivity index (χ0n) is 23.6. The predicted octanol–water partition coefficient (Wildman–Crippen LogP) is 4.20. The molecule has 0 saturated carbocycles. The zero-order chi connectivity index (χ0) is 31.4. The van der Waals surface area contributed by atoms with Crippen molar-refractivity contribution in [1.82, 2.24) is 19.0 Å². The molecule has 0 fully saturated rings. The monoisotopic (exact) mass is 647 g/mol. The molecule has 3 aliphatic rings. The Bertz CT molecular complexity index is 1790. The molecule has 1 N–H and O–H groups in total. The summed E-state index contributed by atoms with van der Waals surface area (Å²) in [6.07, 6.45) is 1.91. The molecule has 1 unspecified atom stereocenters. The van der Waals surface area contributed by atoms with Crippen molar-refractivity contribution in [2.24, 2.45) is 0 Å². The van der Waals surface area contributed by atoms with Crippen molar-refractivity contribution in [1.29, 1.82) is 0 Å². The average molecular weight is 648 g/mol. The third-order valence-corrected chi connectivity index (χ3v) is 9.49. The normalized spacial score (nSPS) is 18.0. The summed E-state index contributed by atoms with van der Waals surface area (Å²) in [4.78, 5) is 16.3. The van der Waals surface area contributed by atoms with Gasteiger partial charge in [-0.3, -0.25) is 14.4 Å². The lowest BCUT2D eigenvalue weighted by Gasteiger charge is -2.29. The zero-order valence-corrected chi connectivity index (χ0v) is 25.2. The maximum Gasteiger partial charge on any atom is 0.416 e. The van der Waals surface area contributed by atoms with E-state index in [9.17, 15) is 31.5 Å². The van der Waals surface area contributed by atoms with E-state index < -0.39 is 27.9 Å². The van der Waals surface area contributed by atoms with Crippen molar-refractivity contribution in [3.63, 3.8) is 0 Å². The molecule has 2 aromatic carbocycles. The molecular weight excluding hydrogens is 619 g/mol. The number of hydrogen-bond acceptors (Lipinski definition) is 6. The highest BCUT2D eigenvalue weighted by atomic mass is 35.5. The number of sulfonamides is 1. The van der Waals surface area contributed by atoms with E-state index in [-0.39, 0.29) is 38.5 Å². The molecule has 44 heavy (non-hydrogen) atoms. The highest BCUT2D eigenvalue weighted by molar-refractivity contribution is 7.88. The Morgan fingerprint density at radius 2 is 1.86 bits per heavy atom. The van der Waals surface area contributed by atoms with Crippen molar-refractivity contribution >= 4 is 33.2 Å². The number of fused-ring (bicyclic) bond motifs is 2. The minimum atomic E-state index is -4.49. The van der Waals surface area contributed by atoms with Crippen LogP contribution >= 0.6 is 11.6 Å². The van der Waals surface area contributed by atoms with Gasteiger partial charge in [-0.1, -0.05) is 23.7 Å². The molecule has 0 bridgehead atoms. The highest BCUT2D eigenvalue weighted by Gasteiger charge is 2.33. The molecule has 0 saturated heterocycles. The Morgan fingerprint density at radius 1 is 1.11 bits per heavy atom. The van der Waals surface area contributed by atoms with Crippen LogP contribution < -0.4 is 4.90 Å². The lowest BCUT2D eigenvalue weighted by molar-refractivity contribution is -0.137. The second kappa shape index (κ2) is 11.4. The number of hydrogen-bond donors (Lipinski definition) is 1. The topological polar surface area (TPSA) is 99.0 Å². The largest absolute Gasteiger partial charge is 0.416 e. The van der Waals surface area contributed by atoms with Crippen LogP contribution in [-0.2, 0) is 46.9 Å². The van der Waals surface area contributed by atoms with E-state index in [0.717, 1.165) is 41.0 Å². The summed E-state index contributed by atoms with van der Waals surface area (Å²) in [5.74, 6) is -0.0478. The standard InChI is InChI=1S/C30H29ClF3N5O4S/c1-44(42,43)37-13-10-27-25(18-37)29(19-2-4-21(5-3-19)30(32,33)34)35-38(27)17-24(40)16-36-11-8-23(9-12-36)39-26-7-6-22(31)14-20(26)15-28(39)41/h2-9,11,14,24,40H,10,12-13,15-18H2,1H3. The maximum absolute atomic E-state index is 13.2. The number of carbonyl (C=O) groups excluding carboxylic acids is 1. The number of aliphatic hydroxyl groups excluding tert-OH is 1. The van der Waals surface area contributed by atoms with Crippen LogP contribution in [0.3, 0.4) is 0 Å². The highest BCUT2D eigenvalue weighted by Crippen LogP contribution is 2.36. The van der Waals surface area contributed by atoms with Gasteiger partial charge in [-0.15, -0.1) is 0 Å². The van der Waals surface area contributed by atoms with Gasteiger partial charge in [0, 0.05) is 66.3 Å². The summed E-state index contributed by atoms with van der Waals surface area (Å²) >= 11 is 6.09. The smallest absolute Gasteiger partial charge is 0.389 e. The second-order valence-electron chi connectivity index (χ2n) is 11.1. The number of rotatable bonds is 7. The summed E-state index contributed by atoms with van der Waals surface area (Å²) < 4.78 is 67.0. The summed E-state index contributed by atoms with van der Waals surface area (Å²) in [7, 11) is -3.51. The molecule has 14 heteroatoms. The van der Waals surface area contributed by atoms with Gasteiger partial charge in [-0.25, -0.2) is 8.42 Å².